The molecular weight excluding hydrogens is 416 g/mol. The minimum atomic E-state index is -4.48. The lowest BCUT2D eigenvalue weighted by atomic mass is 10.1. The summed E-state index contributed by atoms with van der Waals surface area (Å²) >= 11 is 0. The van der Waals surface area contributed by atoms with Crippen LogP contribution in [0.4, 0.5) is 17.6 Å². The summed E-state index contributed by atoms with van der Waals surface area (Å²) in [5, 5.41) is 2.76. The zero-order chi connectivity index (χ0) is 22.6. The number of benzene rings is 2. The van der Waals surface area contributed by atoms with Crippen LogP contribution in [0.15, 0.2) is 60.8 Å². The van der Waals surface area contributed by atoms with E-state index in [0.717, 1.165) is 12.1 Å². The lowest BCUT2D eigenvalue weighted by Gasteiger charge is -2.15. The van der Waals surface area contributed by atoms with Gasteiger partial charge in [-0.1, -0.05) is 6.07 Å². The van der Waals surface area contributed by atoms with Gasteiger partial charge in [-0.3, -0.25) is 4.79 Å². The molecule has 1 amide bonds. The van der Waals surface area contributed by atoms with Crippen LogP contribution < -0.4 is 14.8 Å². The number of nitrogens with one attached hydrogen (secondary N) is 1. The molecule has 5 nitrogen and oxygen atoms in total. The standard InChI is InChI=1S/C22H18F4N2O3/c1-13(15-5-9-19(30-2)18(23)11-15)28-21(29)14-3-7-17(8-4-14)31-20-10-6-16(12-27-20)22(24,25)26/h3-13H,1-2H3,(H,28,29). The Kier molecular flexibility index (Phi) is 6.43. The Hall–Kier alpha value is -3.62. The second-order valence-corrected chi connectivity index (χ2v) is 6.60. The Balaban J connectivity index is 1.62. The van der Waals surface area contributed by atoms with Crippen LogP contribution in [0.2, 0.25) is 0 Å². The fourth-order valence-corrected chi connectivity index (χ4v) is 2.72. The SMILES string of the molecule is COc1ccc(C(C)NC(=O)c2ccc(Oc3ccc(C(F)(F)F)cn3)cc2)cc1F. The van der Waals surface area contributed by atoms with E-state index in [1.807, 2.05) is 0 Å². The molecule has 1 atom stereocenters. The molecule has 0 radical (unpaired) electrons. The van der Waals surface area contributed by atoms with Crippen molar-refractivity contribution in [2.45, 2.75) is 19.1 Å². The smallest absolute Gasteiger partial charge is 0.417 e. The molecule has 31 heavy (non-hydrogen) atoms. The molecule has 0 aliphatic rings. The predicted molar refractivity (Wildman–Crippen MR) is 105 cm³/mol. The van der Waals surface area contributed by atoms with Crippen LogP contribution >= 0.6 is 0 Å². The van der Waals surface area contributed by atoms with Gasteiger partial charge in [-0.25, -0.2) is 9.37 Å². The van der Waals surface area contributed by atoms with Gasteiger partial charge in [0.2, 0.25) is 5.88 Å². The molecule has 1 heterocycles. The van der Waals surface area contributed by atoms with E-state index in [2.05, 4.69) is 10.3 Å². The molecule has 162 valence electrons. The maximum absolute atomic E-state index is 13.9. The maximum atomic E-state index is 13.9. The van der Waals surface area contributed by atoms with Crippen LogP contribution in [0.25, 0.3) is 0 Å². The topological polar surface area (TPSA) is 60.5 Å². The Morgan fingerprint density at radius 2 is 1.77 bits per heavy atom. The van der Waals surface area contributed by atoms with Gasteiger partial charge in [0.25, 0.3) is 5.91 Å². The minimum absolute atomic E-state index is 0.0136. The molecule has 0 aliphatic carbocycles. The monoisotopic (exact) mass is 434 g/mol. The van der Waals surface area contributed by atoms with Crippen LogP contribution in [0.1, 0.15) is 34.5 Å². The number of ether oxygens (including phenoxy) is 2. The van der Waals surface area contributed by atoms with Crippen LogP contribution in [0.3, 0.4) is 0 Å². The van der Waals surface area contributed by atoms with Gasteiger partial charge in [0.05, 0.1) is 18.7 Å². The van der Waals surface area contributed by atoms with E-state index >= 15 is 0 Å². The van der Waals surface area contributed by atoms with Crippen molar-refractivity contribution in [2.75, 3.05) is 7.11 Å². The number of hydrogen-bond donors (Lipinski definition) is 1. The highest BCUT2D eigenvalue weighted by Gasteiger charge is 2.30. The van der Waals surface area contributed by atoms with Crippen molar-refractivity contribution >= 4 is 5.91 Å². The van der Waals surface area contributed by atoms with Gasteiger partial charge in [-0.2, -0.15) is 13.2 Å². The summed E-state index contributed by atoms with van der Waals surface area (Å²) in [6, 6.07) is 11.9. The number of methoxy groups -OCH3 is 1. The maximum Gasteiger partial charge on any atom is 0.417 e. The summed E-state index contributed by atoms with van der Waals surface area (Å²) in [7, 11) is 1.37. The molecule has 0 fully saturated rings. The predicted octanol–water partition coefficient (Wildman–Crippen LogP) is 5.53. The van der Waals surface area contributed by atoms with E-state index in [-0.39, 0.29) is 17.5 Å². The molecule has 0 saturated carbocycles. The van der Waals surface area contributed by atoms with Crippen molar-refractivity contribution in [1.29, 1.82) is 0 Å². The molecule has 0 spiro atoms. The number of rotatable bonds is 6. The van der Waals surface area contributed by atoms with Crippen molar-refractivity contribution in [1.82, 2.24) is 10.3 Å². The number of amides is 1. The zero-order valence-corrected chi connectivity index (χ0v) is 16.5. The second-order valence-electron chi connectivity index (χ2n) is 6.60. The number of alkyl halides is 3. The molecule has 1 unspecified atom stereocenters. The molecule has 0 saturated heterocycles. The molecular formula is C22H18F4N2O3. The van der Waals surface area contributed by atoms with Gasteiger partial charge in [-0.15, -0.1) is 0 Å². The molecule has 0 aliphatic heterocycles. The van der Waals surface area contributed by atoms with E-state index in [1.54, 1.807) is 13.0 Å². The third-order valence-electron chi connectivity index (χ3n) is 4.43. The first-order valence-electron chi connectivity index (χ1n) is 9.13. The first-order valence-corrected chi connectivity index (χ1v) is 9.13. The van der Waals surface area contributed by atoms with Gasteiger partial charge >= 0.3 is 6.18 Å². The van der Waals surface area contributed by atoms with Gasteiger partial charge in [0.15, 0.2) is 11.6 Å². The lowest BCUT2D eigenvalue weighted by Crippen LogP contribution is -2.26. The summed E-state index contributed by atoms with van der Waals surface area (Å²) in [6.07, 6.45) is -3.80. The van der Waals surface area contributed by atoms with Gasteiger partial charge in [0.1, 0.15) is 5.75 Å². The van der Waals surface area contributed by atoms with Gasteiger partial charge < -0.3 is 14.8 Å². The van der Waals surface area contributed by atoms with Crippen LogP contribution in [0, 0.1) is 5.82 Å². The van der Waals surface area contributed by atoms with Gasteiger partial charge in [-0.05, 0) is 55.0 Å². The summed E-state index contributed by atoms with van der Waals surface area (Å²) in [4.78, 5) is 16.1. The largest absolute Gasteiger partial charge is 0.494 e. The third kappa shape index (κ3) is 5.50. The number of halogens is 4. The van der Waals surface area contributed by atoms with E-state index in [4.69, 9.17) is 9.47 Å². The highest BCUT2D eigenvalue weighted by molar-refractivity contribution is 5.94. The quantitative estimate of drug-likeness (QED) is 0.518. The number of carbonyl (C=O) groups is 1. The fraction of sp³-hybridized carbons (Fsp3) is 0.182. The van der Waals surface area contributed by atoms with Crippen molar-refractivity contribution < 1.29 is 31.8 Å². The number of aromatic nitrogens is 1. The lowest BCUT2D eigenvalue weighted by molar-refractivity contribution is -0.137. The average Bonchev–Trinajstić information content (AvgIpc) is 2.74. The van der Waals surface area contributed by atoms with Crippen molar-refractivity contribution in [3.05, 3.63) is 83.3 Å². The Bertz CT molecular complexity index is 1050. The molecule has 1 aromatic heterocycles. The fourth-order valence-electron chi connectivity index (χ4n) is 2.72. The Labute approximate surface area is 175 Å². The minimum Gasteiger partial charge on any atom is -0.494 e. The summed E-state index contributed by atoms with van der Waals surface area (Å²) in [5.74, 6) is -0.516. The summed E-state index contributed by atoms with van der Waals surface area (Å²) in [6.45, 7) is 1.72. The van der Waals surface area contributed by atoms with Gasteiger partial charge in [0, 0.05) is 17.8 Å². The first-order chi connectivity index (χ1) is 14.7. The highest BCUT2D eigenvalue weighted by atomic mass is 19.4. The highest BCUT2D eigenvalue weighted by Crippen LogP contribution is 2.30. The van der Waals surface area contributed by atoms with E-state index < -0.39 is 23.6 Å². The van der Waals surface area contributed by atoms with E-state index in [9.17, 15) is 22.4 Å². The number of hydrogen-bond acceptors (Lipinski definition) is 4. The summed E-state index contributed by atoms with van der Waals surface area (Å²) in [5.41, 5.74) is 0.0197. The normalized spacial score (nSPS) is 12.2. The number of carbonyl (C=O) groups excluding carboxylic acids is 1. The van der Waals surface area contributed by atoms with Crippen molar-refractivity contribution in [3.8, 4) is 17.4 Å². The van der Waals surface area contributed by atoms with Crippen molar-refractivity contribution in [2.24, 2.45) is 0 Å². The number of nitrogens with zero attached hydrogens (tertiary/aromatic N) is 1. The Morgan fingerprint density at radius 3 is 2.32 bits per heavy atom. The van der Waals surface area contributed by atoms with E-state index in [0.29, 0.717) is 23.1 Å². The van der Waals surface area contributed by atoms with Crippen LogP contribution in [0.5, 0.6) is 17.4 Å². The molecule has 9 heteroatoms. The van der Waals surface area contributed by atoms with Crippen LogP contribution in [-0.4, -0.2) is 18.0 Å². The third-order valence-corrected chi connectivity index (χ3v) is 4.43. The summed E-state index contributed by atoms with van der Waals surface area (Å²) < 4.78 is 61.9. The molecule has 0 bridgehead atoms. The molecule has 2 aromatic carbocycles. The van der Waals surface area contributed by atoms with Crippen molar-refractivity contribution in [3.63, 3.8) is 0 Å². The second kappa shape index (κ2) is 9.03. The van der Waals surface area contributed by atoms with E-state index in [1.165, 1.54) is 43.5 Å². The molecule has 1 N–H and O–H groups in total. The zero-order valence-electron chi connectivity index (χ0n) is 16.5. The Morgan fingerprint density at radius 1 is 1.06 bits per heavy atom. The average molecular weight is 434 g/mol. The van der Waals surface area contributed by atoms with Crippen LogP contribution in [-0.2, 0) is 6.18 Å². The molecule has 3 aromatic rings. The molecule has 3 rings (SSSR count). The first kappa shape index (κ1) is 22.1. The number of pyridine rings is 1.